The fourth-order valence-electron chi connectivity index (χ4n) is 3.28. The van der Waals surface area contributed by atoms with Crippen molar-refractivity contribution >= 4 is 17.7 Å². The number of methoxy groups -OCH3 is 1. The fraction of sp³-hybridized carbons (Fsp3) is 0.273. The summed E-state index contributed by atoms with van der Waals surface area (Å²) in [5, 5.41) is 0. The lowest BCUT2D eigenvalue weighted by molar-refractivity contribution is 0.414. The molecule has 1 aliphatic carbocycles. The minimum atomic E-state index is 0.912. The summed E-state index contributed by atoms with van der Waals surface area (Å²) in [5.74, 6) is 0.912. The molecule has 2 nitrogen and oxygen atoms in total. The van der Waals surface area contributed by atoms with Gasteiger partial charge in [-0.3, -0.25) is 0 Å². The van der Waals surface area contributed by atoms with Gasteiger partial charge in [0.15, 0.2) is 0 Å². The molecule has 0 amide bonds. The number of fused-ring (bicyclic) bond motifs is 2. The largest absolute Gasteiger partial charge is 0.497 e. The van der Waals surface area contributed by atoms with Crippen LogP contribution in [0.15, 0.2) is 42.5 Å². The van der Waals surface area contributed by atoms with E-state index in [2.05, 4.69) is 80.5 Å². The Kier molecular flexibility index (Phi) is 4.86. The molecule has 0 radical (unpaired) electrons. The lowest BCUT2D eigenvalue weighted by Crippen LogP contribution is -2.12. The maximum absolute atomic E-state index is 5.47. The van der Waals surface area contributed by atoms with E-state index < -0.39 is 0 Å². The van der Waals surface area contributed by atoms with Gasteiger partial charge in [-0.1, -0.05) is 42.5 Å². The molecule has 2 aromatic rings. The quantitative estimate of drug-likeness (QED) is 0.680. The molecule has 2 aromatic carbocycles. The summed E-state index contributed by atoms with van der Waals surface area (Å²) in [6.07, 6.45) is 7.82. The first kappa shape index (κ1) is 16.5. The molecule has 0 fully saturated rings. The van der Waals surface area contributed by atoms with Gasteiger partial charge in [0.2, 0.25) is 0 Å². The summed E-state index contributed by atoms with van der Waals surface area (Å²) >= 11 is 0. The van der Waals surface area contributed by atoms with E-state index in [0.717, 1.165) is 18.7 Å². The van der Waals surface area contributed by atoms with Crippen LogP contribution >= 0.6 is 0 Å². The Morgan fingerprint density at radius 1 is 1.04 bits per heavy atom. The number of benzene rings is 2. The molecule has 0 heterocycles. The summed E-state index contributed by atoms with van der Waals surface area (Å²) in [6, 6.07) is 12.9. The average Bonchev–Trinajstić information content (AvgIpc) is 2.72. The second-order valence-electron chi connectivity index (χ2n) is 6.54. The van der Waals surface area contributed by atoms with E-state index in [9.17, 15) is 0 Å². The van der Waals surface area contributed by atoms with Crippen LogP contribution in [0.4, 0.5) is 0 Å². The van der Waals surface area contributed by atoms with Gasteiger partial charge in [0.25, 0.3) is 0 Å². The molecule has 0 N–H and O–H groups in total. The molecule has 0 saturated carbocycles. The molecule has 0 atom stereocenters. The molecule has 0 aliphatic heterocycles. The average molecular weight is 319 g/mol. The fourth-order valence-corrected chi connectivity index (χ4v) is 3.28. The Bertz CT molecular complexity index is 800. The number of hydrogen-bond donors (Lipinski definition) is 0. The second-order valence-corrected chi connectivity index (χ2v) is 6.54. The molecule has 124 valence electrons. The van der Waals surface area contributed by atoms with Crippen molar-refractivity contribution in [1.29, 1.82) is 0 Å². The van der Waals surface area contributed by atoms with E-state index in [1.165, 1.54) is 33.4 Å². The Morgan fingerprint density at radius 3 is 2.54 bits per heavy atom. The van der Waals surface area contributed by atoms with Gasteiger partial charge in [0, 0.05) is 6.54 Å². The maximum Gasteiger partial charge on any atom is 0.119 e. The highest BCUT2D eigenvalue weighted by atomic mass is 16.5. The second kappa shape index (κ2) is 7.06. The molecule has 0 spiro atoms. The van der Waals surface area contributed by atoms with E-state index in [1.807, 2.05) is 0 Å². The summed E-state index contributed by atoms with van der Waals surface area (Å²) in [5.41, 5.74) is 7.69. The van der Waals surface area contributed by atoms with E-state index >= 15 is 0 Å². The van der Waals surface area contributed by atoms with Gasteiger partial charge < -0.3 is 9.64 Å². The zero-order valence-electron chi connectivity index (χ0n) is 15.0. The van der Waals surface area contributed by atoms with Gasteiger partial charge in [0.05, 0.1) is 7.11 Å². The van der Waals surface area contributed by atoms with Crippen molar-refractivity contribution in [3.8, 4) is 5.75 Å². The van der Waals surface area contributed by atoms with Gasteiger partial charge in [-0.25, -0.2) is 0 Å². The van der Waals surface area contributed by atoms with E-state index in [0.29, 0.717) is 0 Å². The molecule has 24 heavy (non-hydrogen) atoms. The number of nitrogens with zero attached hydrogens (tertiary/aromatic N) is 1. The minimum Gasteiger partial charge on any atom is -0.497 e. The molecule has 0 unspecified atom stereocenters. The Hall–Kier alpha value is -2.32. The number of hydrogen-bond acceptors (Lipinski definition) is 2. The highest BCUT2D eigenvalue weighted by Crippen LogP contribution is 2.37. The highest BCUT2D eigenvalue weighted by molar-refractivity contribution is 5.95. The van der Waals surface area contributed by atoms with Crippen LogP contribution in [-0.2, 0) is 0 Å². The lowest BCUT2D eigenvalue weighted by Gasteiger charge is -2.17. The lowest BCUT2D eigenvalue weighted by atomic mass is 9.89. The van der Waals surface area contributed by atoms with Crippen LogP contribution in [0.5, 0.6) is 5.75 Å². The van der Waals surface area contributed by atoms with Crippen LogP contribution in [0.3, 0.4) is 0 Å². The minimum absolute atomic E-state index is 0.912. The summed E-state index contributed by atoms with van der Waals surface area (Å²) in [7, 11) is 5.96. The third-order valence-corrected chi connectivity index (χ3v) is 4.46. The number of ether oxygens (including phenoxy) is 1. The van der Waals surface area contributed by atoms with Gasteiger partial charge in [-0.05, 0) is 73.0 Å². The first-order chi connectivity index (χ1) is 11.6. The first-order valence-electron chi connectivity index (χ1n) is 8.41. The SMILES string of the molecule is COc1cc(C)c2c(c1)C=Cc1ccccc1/C2=C\CCN(C)C. The number of rotatable bonds is 4. The van der Waals surface area contributed by atoms with Gasteiger partial charge >= 0.3 is 0 Å². The van der Waals surface area contributed by atoms with Crippen molar-refractivity contribution in [1.82, 2.24) is 4.90 Å². The molecular formula is C22H25NO. The summed E-state index contributed by atoms with van der Waals surface area (Å²) in [6.45, 7) is 3.21. The maximum atomic E-state index is 5.47. The molecule has 2 heteroatoms. The monoisotopic (exact) mass is 319 g/mol. The topological polar surface area (TPSA) is 12.5 Å². The third-order valence-electron chi connectivity index (χ3n) is 4.46. The molecule has 0 aromatic heterocycles. The van der Waals surface area contributed by atoms with Crippen molar-refractivity contribution < 1.29 is 4.74 Å². The van der Waals surface area contributed by atoms with Crippen molar-refractivity contribution in [3.63, 3.8) is 0 Å². The molecular weight excluding hydrogens is 294 g/mol. The van der Waals surface area contributed by atoms with E-state index in [1.54, 1.807) is 7.11 Å². The van der Waals surface area contributed by atoms with Crippen molar-refractivity contribution in [2.75, 3.05) is 27.7 Å². The normalized spacial score (nSPS) is 14.5. The van der Waals surface area contributed by atoms with Crippen LogP contribution in [0.25, 0.3) is 17.7 Å². The highest BCUT2D eigenvalue weighted by Gasteiger charge is 2.17. The molecule has 3 rings (SSSR count). The Morgan fingerprint density at radius 2 is 1.79 bits per heavy atom. The van der Waals surface area contributed by atoms with E-state index in [4.69, 9.17) is 4.74 Å². The molecule has 0 saturated heterocycles. The third kappa shape index (κ3) is 3.29. The smallest absolute Gasteiger partial charge is 0.119 e. The van der Waals surface area contributed by atoms with Crippen LogP contribution in [-0.4, -0.2) is 32.6 Å². The van der Waals surface area contributed by atoms with Crippen molar-refractivity contribution in [2.24, 2.45) is 0 Å². The Labute approximate surface area is 145 Å². The first-order valence-corrected chi connectivity index (χ1v) is 8.41. The van der Waals surface area contributed by atoms with Crippen molar-refractivity contribution in [3.05, 3.63) is 70.3 Å². The van der Waals surface area contributed by atoms with Crippen molar-refractivity contribution in [2.45, 2.75) is 13.3 Å². The van der Waals surface area contributed by atoms with Crippen LogP contribution < -0.4 is 4.74 Å². The van der Waals surface area contributed by atoms with Gasteiger partial charge in [-0.2, -0.15) is 0 Å². The predicted octanol–water partition coefficient (Wildman–Crippen LogP) is 4.87. The standard InChI is InChI=1S/C22H25NO/c1-16-14-19(24-4)15-18-12-11-17-8-5-6-9-20(17)21(22(16)18)10-7-13-23(2)3/h5-6,8-12,14-15H,7,13H2,1-4H3/b21-10+. The zero-order chi connectivity index (χ0) is 17.1. The van der Waals surface area contributed by atoms with Crippen LogP contribution in [0, 0.1) is 6.92 Å². The van der Waals surface area contributed by atoms with E-state index in [-0.39, 0.29) is 0 Å². The molecule has 1 aliphatic rings. The van der Waals surface area contributed by atoms with Gasteiger partial charge in [0.1, 0.15) is 5.75 Å². The zero-order valence-corrected chi connectivity index (χ0v) is 15.0. The van der Waals surface area contributed by atoms with Crippen LogP contribution in [0.2, 0.25) is 0 Å². The van der Waals surface area contributed by atoms with Gasteiger partial charge in [-0.15, -0.1) is 0 Å². The van der Waals surface area contributed by atoms with Crippen LogP contribution in [0.1, 0.15) is 34.2 Å². The molecule has 0 bridgehead atoms. The Balaban J connectivity index is 2.18. The summed E-state index contributed by atoms with van der Waals surface area (Å²) in [4.78, 5) is 2.22. The summed E-state index contributed by atoms with van der Waals surface area (Å²) < 4.78 is 5.47. The predicted molar refractivity (Wildman–Crippen MR) is 103 cm³/mol. The number of aryl methyl sites for hydroxylation is 1.